The molecule has 2 aliphatic heterocycles. The molecule has 126 valence electrons. The van der Waals surface area contributed by atoms with E-state index in [1.807, 2.05) is 24.3 Å². The summed E-state index contributed by atoms with van der Waals surface area (Å²) < 4.78 is 0. The normalized spacial score (nSPS) is 20.0. The minimum absolute atomic E-state index is 0.00832. The van der Waals surface area contributed by atoms with Gasteiger partial charge in [0.05, 0.1) is 22.8 Å². The molecule has 1 fully saturated rings. The Balaban J connectivity index is 1.75. The van der Waals surface area contributed by atoms with Gasteiger partial charge < -0.3 is 5.11 Å². The van der Waals surface area contributed by atoms with Crippen LogP contribution in [-0.4, -0.2) is 33.0 Å². The van der Waals surface area contributed by atoms with Crippen molar-refractivity contribution >= 4 is 57.2 Å². The molecule has 1 unspecified atom stereocenters. The highest BCUT2D eigenvalue weighted by molar-refractivity contribution is 8.02. The van der Waals surface area contributed by atoms with Gasteiger partial charge in [-0.1, -0.05) is 23.7 Å². The molecule has 0 aliphatic carbocycles. The Kier molecular flexibility index (Phi) is 4.23. The lowest BCUT2D eigenvalue weighted by Crippen LogP contribution is -2.38. The number of aliphatic imine (C=N–C) groups is 2. The number of aromatic hydroxyl groups is 1. The molecular weight excluding hydrogens is 358 g/mol. The molecule has 0 bridgehead atoms. The van der Waals surface area contributed by atoms with Gasteiger partial charge in [-0.3, -0.25) is 14.7 Å². The summed E-state index contributed by atoms with van der Waals surface area (Å²) in [6.07, 6.45) is 0.399. The van der Waals surface area contributed by atoms with Gasteiger partial charge in [-0.2, -0.15) is 0 Å². The SMILES string of the molecule is O=C1CSC(C2=Nc3ccccc3N=C(Cl)C2)N1c1ccc(O)cc1. The van der Waals surface area contributed by atoms with Gasteiger partial charge in [0, 0.05) is 12.1 Å². The number of phenolic OH excluding ortho intramolecular Hbond substituents is 1. The van der Waals surface area contributed by atoms with Gasteiger partial charge in [0.2, 0.25) is 5.91 Å². The van der Waals surface area contributed by atoms with Crippen LogP contribution in [0.25, 0.3) is 0 Å². The Morgan fingerprint density at radius 3 is 2.48 bits per heavy atom. The molecule has 0 radical (unpaired) electrons. The highest BCUT2D eigenvalue weighted by Gasteiger charge is 2.37. The van der Waals surface area contributed by atoms with E-state index in [0.29, 0.717) is 17.3 Å². The first-order valence-electron chi connectivity index (χ1n) is 7.74. The highest BCUT2D eigenvalue weighted by atomic mass is 35.5. The van der Waals surface area contributed by atoms with Crippen molar-refractivity contribution < 1.29 is 9.90 Å². The van der Waals surface area contributed by atoms with Crippen LogP contribution < -0.4 is 4.90 Å². The third-order valence-electron chi connectivity index (χ3n) is 4.00. The molecule has 1 N–H and O–H groups in total. The summed E-state index contributed by atoms with van der Waals surface area (Å²) in [6, 6.07) is 14.2. The number of para-hydroxylation sites is 2. The zero-order chi connectivity index (χ0) is 17.4. The summed E-state index contributed by atoms with van der Waals surface area (Å²) in [5.41, 5.74) is 3.00. The number of carbonyl (C=O) groups is 1. The van der Waals surface area contributed by atoms with E-state index in [1.165, 1.54) is 11.8 Å². The van der Waals surface area contributed by atoms with Gasteiger partial charge >= 0.3 is 0 Å². The molecule has 1 amide bonds. The number of hydrogen-bond acceptors (Lipinski definition) is 5. The molecule has 2 aromatic rings. The third-order valence-corrected chi connectivity index (χ3v) is 5.43. The quantitative estimate of drug-likeness (QED) is 0.858. The predicted octanol–water partition coefficient (Wildman–Crippen LogP) is 4.24. The Morgan fingerprint density at radius 2 is 1.76 bits per heavy atom. The fourth-order valence-corrected chi connectivity index (χ4v) is 4.26. The maximum Gasteiger partial charge on any atom is 0.238 e. The van der Waals surface area contributed by atoms with Gasteiger partial charge in [-0.25, -0.2) is 4.99 Å². The fourth-order valence-electron chi connectivity index (χ4n) is 2.87. The summed E-state index contributed by atoms with van der Waals surface area (Å²) in [6.45, 7) is 0. The van der Waals surface area contributed by atoms with Crippen LogP contribution in [0.1, 0.15) is 6.42 Å². The molecule has 0 aromatic heterocycles. The second-order valence-corrected chi connectivity index (χ2v) is 7.21. The Hall–Kier alpha value is -2.31. The van der Waals surface area contributed by atoms with E-state index in [2.05, 4.69) is 4.99 Å². The summed E-state index contributed by atoms with van der Waals surface area (Å²) in [5, 5.41) is 9.71. The van der Waals surface area contributed by atoms with Crippen LogP contribution in [0.4, 0.5) is 17.1 Å². The molecule has 2 heterocycles. The van der Waals surface area contributed by atoms with Crippen LogP contribution in [0.3, 0.4) is 0 Å². The number of hydrogen-bond donors (Lipinski definition) is 1. The van der Waals surface area contributed by atoms with Crippen molar-refractivity contribution in [1.29, 1.82) is 0 Å². The van der Waals surface area contributed by atoms with Gasteiger partial charge in [0.15, 0.2) is 0 Å². The van der Waals surface area contributed by atoms with E-state index in [0.717, 1.165) is 22.8 Å². The molecule has 2 aromatic carbocycles. The summed E-state index contributed by atoms with van der Waals surface area (Å²) >= 11 is 7.82. The second-order valence-electron chi connectivity index (χ2n) is 5.70. The van der Waals surface area contributed by atoms with Gasteiger partial charge in [-0.05, 0) is 36.4 Å². The molecule has 2 aliphatic rings. The van der Waals surface area contributed by atoms with Gasteiger partial charge in [-0.15, -0.1) is 11.8 Å². The number of fused-ring (bicyclic) bond motifs is 1. The van der Waals surface area contributed by atoms with Crippen molar-refractivity contribution in [3.63, 3.8) is 0 Å². The molecule has 5 nitrogen and oxygen atoms in total. The van der Waals surface area contributed by atoms with E-state index < -0.39 is 0 Å². The first-order valence-corrected chi connectivity index (χ1v) is 9.17. The topological polar surface area (TPSA) is 65.3 Å². The Bertz CT molecular complexity index is 895. The minimum Gasteiger partial charge on any atom is -0.508 e. The number of anilines is 1. The van der Waals surface area contributed by atoms with Gasteiger partial charge in [0.1, 0.15) is 16.3 Å². The maximum atomic E-state index is 12.5. The average molecular weight is 372 g/mol. The second kappa shape index (κ2) is 6.54. The monoisotopic (exact) mass is 371 g/mol. The van der Waals surface area contributed by atoms with Crippen molar-refractivity contribution in [3.05, 3.63) is 48.5 Å². The lowest BCUT2D eigenvalue weighted by atomic mass is 10.2. The molecule has 1 atom stereocenters. The number of thioether (sulfide) groups is 1. The summed E-state index contributed by atoms with van der Waals surface area (Å²) in [7, 11) is 0. The van der Waals surface area contributed by atoms with Crippen LogP contribution in [0.5, 0.6) is 5.75 Å². The number of benzene rings is 2. The minimum atomic E-state index is -0.243. The molecule has 0 spiro atoms. The third kappa shape index (κ3) is 3.15. The maximum absolute atomic E-state index is 12.5. The van der Waals surface area contributed by atoms with Crippen LogP contribution >= 0.6 is 23.4 Å². The van der Waals surface area contributed by atoms with E-state index in [-0.39, 0.29) is 17.0 Å². The number of nitrogens with zero attached hydrogens (tertiary/aromatic N) is 3. The number of amides is 1. The van der Waals surface area contributed by atoms with Crippen LogP contribution in [0.15, 0.2) is 58.5 Å². The molecule has 7 heteroatoms. The zero-order valence-electron chi connectivity index (χ0n) is 13.1. The molecule has 4 rings (SSSR count). The first kappa shape index (κ1) is 16.2. The lowest BCUT2D eigenvalue weighted by molar-refractivity contribution is -0.115. The zero-order valence-corrected chi connectivity index (χ0v) is 14.7. The van der Waals surface area contributed by atoms with Crippen molar-refractivity contribution in [2.45, 2.75) is 11.8 Å². The fraction of sp³-hybridized carbons (Fsp3) is 0.167. The molecule has 0 saturated carbocycles. The van der Waals surface area contributed by atoms with Gasteiger partial charge in [0.25, 0.3) is 0 Å². The Morgan fingerprint density at radius 1 is 1.08 bits per heavy atom. The van der Waals surface area contributed by atoms with Crippen molar-refractivity contribution in [2.24, 2.45) is 9.98 Å². The van der Waals surface area contributed by atoms with E-state index >= 15 is 0 Å². The molecular formula is C18H14ClN3O2S. The number of rotatable bonds is 2. The van der Waals surface area contributed by atoms with E-state index in [4.69, 9.17) is 16.6 Å². The average Bonchev–Trinajstić information content (AvgIpc) is 2.89. The highest BCUT2D eigenvalue weighted by Crippen LogP contribution is 2.37. The van der Waals surface area contributed by atoms with Crippen LogP contribution in [0, 0.1) is 0 Å². The van der Waals surface area contributed by atoms with Crippen molar-refractivity contribution in [3.8, 4) is 5.75 Å². The van der Waals surface area contributed by atoms with E-state index in [1.54, 1.807) is 29.2 Å². The predicted molar refractivity (Wildman–Crippen MR) is 103 cm³/mol. The first-order chi connectivity index (χ1) is 12.1. The smallest absolute Gasteiger partial charge is 0.238 e. The number of phenols is 1. The lowest BCUT2D eigenvalue weighted by Gasteiger charge is -2.25. The standard InChI is InChI=1S/C18H14ClN3O2S/c19-16-9-15(20-13-3-1-2-4-14(13)21-16)18-22(17(24)10-25-18)11-5-7-12(23)8-6-11/h1-8,18,23H,9-10H2. The van der Waals surface area contributed by atoms with Crippen molar-refractivity contribution in [2.75, 3.05) is 10.7 Å². The number of carbonyl (C=O) groups excluding carboxylic acids is 1. The number of halogens is 1. The largest absolute Gasteiger partial charge is 0.508 e. The van der Waals surface area contributed by atoms with E-state index in [9.17, 15) is 9.90 Å². The molecule has 1 saturated heterocycles. The Labute approximate surface area is 154 Å². The van der Waals surface area contributed by atoms with Crippen LogP contribution in [-0.2, 0) is 4.79 Å². The van der Waals surface area contributed by atoms with Crippen molar-refractivity contribution in [1.82, 2.24) is 0 Å². The summed E-state index contributed by atoms with van der Waals surface area (Å²) in [5.74, 6) is 0.547. The van der Waals surface area contributed by atoms with Crippen LogP contribution in [0.2, 0.25) is 0 Å². The summed E-state index contributed by atoms with van der Waals surface area (Å²) in [4.78, 5) is 23.3. The molecule has 25 heavy (non-hydrogen) atoms.